The van der Waals surface area contributed by atoms with E-state index in [0.29, 0.717) is 6.79 Å². The van der Waals surface area contributed by atoms with Gasteiger partial charge < -0.3 is 18.5 Å². The second-order valence-electron chi connectivity index (χ2n) is 4.44. The monoisotopic (exact) mass is 286 g/mol. The standard InChI is InChI=1S/C14H27O2.ClH.Mg/c1-3-5-7-9-11-13-16-14-15-12-10-8-6-4-2;;/h6,8H,2-5,7,9-14H2,1H3;1H;/q;;+1/p-1/b8-6-;;. The third-order valence-corrected chi connectivity index (χ3v) is 4.14. The van der Waals surface area contributed by atoms with E-state index in [1.165, 1.54) is 30.2 Å². The van der Waals surface area contributed by atoms with Crippen molar-refractivity contribution in [3.63, 3.8) is 0 Å². The van der Waals surface area contributed by atoms with E-state index in [-0.39, 0.29) is 19.3 Å². The zero-order chi connectivity index (χ0) is 13.3. The molecule has 18 heavy (non-hydrogen) atoms. The van der Waals surface area contributed by atoms with Crippen LogP contribution in [0.3, 0.4) is 0 Å². The van der Waals surface area contributed by atoms with E-state index < -0.39 is 0 Å². The molecule has 0 unspecified atom stereocenters. The number of ether oxygens (including phenoxy) is 2. The van der Waals surface area contributed by atoms with E-state index in [1.807, 2.05) is 0 Å². The normalized spacial score (nSPS) is 11.0. The van der Waals surface area contributed by atoms with Crippen LogP contribution in [0.15, 0.2) is 12.2 Å². The summed E-state index contributed by atoms with van der Waals surface area (Å²) in [5.74, 6) is 0. The van der Waals surface area contributed by atoms with E-state index in [2.05, 4.69) is 19.1 Å². The van der Waals surface area contributed by atoms with Crippen molar-refractivity contribution in [1.82, 2.24) is 0 Å². The highest BCUT2D eigenvalue weighted by atomic mass is 35.5. The minimum absolute atomic E-state index is 0.278. The van der Waals surface area contributed by atoms with E-state index in [0.717, 1.165) is 32.5 Å². The van der Waals surface area contributed by atoms with Crippen LogP contribution in [0.4, 0.5) is 0 Å². The average Bonchev–Trinajstić information content (AvgIpc) is 2.39. The Labute approximate surface area is 126 Å². The van der Waals surface area contributed by atoms with Gasteiger partial charge in [-0.05, 0) is 12.8 Å². The molecule has 0 saturated heterocycles. The number of allylic oxidation sites excluding steroid dienone is 1. The molecule has 0 aromatic carbocycles. The van der Waals surface area contributed by atoms with Crippen LogP contribution < -0.4 is 0 Å². The summed E-state index contributed by atoms with van der Waals surface area (Å²) in [7, 11) is 5.72. The number of hydrogen-bond acceptors (Lipinski definition) is 2. The highest BCUT2D eigenvalue weighted by Gasteiger charge is 1.91. The molecule has 0 radical (unpaired) electrons. The van der Waals surface area contributed by atoms with Crippen molar-refractivity contribution in [3.05, 3.63) is 12.2 Å². The van der Waals surface area contributed by atoms with Crippen LogP contribution in [0, 0.1) is 0 Å². The number of hydrogen-bond donors (Lipinski definition) is 0. The Hall–Kier alpha value is 0.716. The first-order valence-corrected chi connectivity index (χ1v) is 10.4. The molecule has 0 spiro atoms. The number of unbranched alkanes of at least 4 members (excludes halogenated alkanes) is 4. The van der Waals surface area contributed by atoms with Gasteiger partial charge in [-0.1, -0.05) is 51.2 Å². The molecule has 0 rings (SSSR count). The molecule has 0 heterocycles. The van der Waals surface area contributed by atoms with Crippen LogP contribution in [0.1, 0.15) is 51.9 Å². The zero-order valence-electron chi connectivity index (χ0n) is 11.8. The van der Waals surface area contributed by atoms with Gasteiger partial charge in [0.15, 0.2) is 0 Å². The minimum atomic E-state index is -0.278. The van der Waals surface area contributed by atoms with E-state index in [9.17, 15) is 0 Å². The van der Waals surface area contributed by atoms with Gasteiger partial charge in [0.2, 0.25) is 0 Å². The van der Waals surface area contributed by atoms with Crippen LogP contribution in [-0.2, 0) is 9.47 Å². The van der Waals surface area contributed by atoms with Crippen LogP contribution in [0.5, 0.6) is 0 Å². The van der Waals surface area contributed by atoms with Gasteiger partial charge in [-0.2, -0.15) is 0 Å². The maximum Gasteiger partial charge on any atom is 0.501 e. The summed E-state index contributed by atoms with van der Waals surface area (Å²) in [6, 6.07) is 0. The van der Waals surface area contributed by atoms with Gasteiger partial charge in [-0.3, -0.25) is 0 Å². The average molecular weight is 287 g/mol. The molecular formula is C14H27ClMgO2. The van der Waals surface area contributed by atoms with Crippen LogP contribution in [0.25, 0.3) is 0 Å². The molecule has 0 aromatic rings. The second kappa shape index (κ2) is 17.7. The van der Waals surface area contributed by atoms with E-state index in [4.69, 9.17) is 18.5 Å². The Kier molecular flexibility index (Phi) is 18.4. The van der Waals surface area contributed by atoms with E-state index in [1.54, 1.807) is 0 Å². The maximum absolute atomic E-state index is 5.72. The summed E-state index contributed by atoms with van der Waals surface area (Å²) < 4.78 is 12.0. The fourth-order valence-electron chi connectivity index (χ4n) is 1.57. The smallest absolute Gasteiger partial charge is 0.355 e. The Bertz CT molecular complexity index is 177. The molecule has 0 aliphatic carbocycles. The Morgan fingerprint density at radius 2 is 1.67 bits per heavy atom. The highest BCUT2D eigenvalue weighted by molar-refractivity contribution is 6.93. The third kappa shape index (κ3) is 16.7. The summed E-state index contributed by atoms with van der Waals surface area (Å²) in [5.41, 5.74) is 0. The van der Waals surface area contributed by atoms with Crippen molar-refractivity contribution < 1.29 is 9.47 Å². The van der Waals surface area contributed by atoms with Crippen molar-refractivity contribution in [1.29, 1.82) is 0 Å². The second-order valence-corrected chi connectivity index (χ2v) is 6.66. The quantitative estimate of drug-likeness (QED) is 0.202. The highest BCUT2D eigenvalue weighted by Crippen LogP contribution is 2.02. The molecule has 0 aliphatic rings. The molecule has 4 heteroatoms. The van der Waals surface area contributed by atoms with Crippen LogP contribution in [-0.4, -0.2) is 39.3 Å². The minimum Gasteiger partial charge on any atom is -0.355 e. The van der Waals surface area contributed by atoms with Crippen molar-refractivity contribution in [3.8, 4) is 0 Å². The fraction of sp³-hybridized carbons (Fsp3) is 0.857. The lowest BCUT2D eigenvalue weighted by Crippen LogP contribution is -2.02. The van der Waals surface area contributed by atoms with Gasteiger partial charge in [0.1, 0.15) is 6.79 Å². The fourth-order valence-corrected chi connectivity index (χ4v) is 2.42. The molecule has 2 nitrogen and oxygen atoms in total. The first-order chi connectivity index (χ1) is 8.91. The first-order valence-electron chi connectivity index (χ1n) is 7.28. The lowest BCUT2D eigenvalue weighted by atomic mass is 10.2. The predicted molar refractivity (Wildman–Crippen MR) is 80.3 cm³/mol. The van der Waals surface area contributed by atoms with Gasteiger partial charge in [0.25, 0.3) is 0 Å². The van der Waals surface area contributed by atoms with E-state index >= 15 is 0 Å². The molecule has 0 fully saturated rings. The molecule has 0 bridgehead atoms. The SMILES string of the molecule is CCCCCCCOCOCC/C=C\C[CH2][Mg][Cl]. The number of rotatable bonds is 14. The van der Waals surface area contributed by atoms with Crippen molar-refractivity contribution in [2.75, 3.05) is 20.0 Å². The molecule has 0 N–H and O–H groups in total. The van der Waals surface area contributed by atoms with Crippen molar-refractivity contribution >= 4 is 28.3 Å². The van der Waals surface area contributed by atoms with Gasteiger partial charge in [0, 0.05) is 6.61 Å². The molecule has 0 aromatic heterocycles. The topological polar surface area (TPSA) is 18.5 Å². The first kappa shape index (κ1) is 18.7. The molecule has 104 valence electrons. The van der Waals surface area contributed by atoms with Gasteiger partial charge in [0.05, 0.1) is 6.61 Å². The molecule has 0 amide bonds. The lowest BCUT2D eigenvalue weighted by Gasteiger charge is -2.04. The van der Waals surface area contributed by atoms with Gasteiger partial charge in [-0.15, -0.1) is 4.55 Å². The largest absolute Gasteiger partial charge is 0.501 e. The maximum atomic E-state index is 5.72. The van der Waals surface area contributed by atoms with Gasteiger partial charge >= 0.3 is 19.3 Å². The molecular weight excluding hydrogens is 260 g/mol. The molecule has 0 atom stereocenters. The van der Waals surface area contributed by atoms with Gasteiger partial charge in [-0.25, -0.2) is 0 Å². The summed E-state index contributed by atoms with van der Waals surface area (Å²) in [6.45, 7) is 4.26. The van der Waals surface area contributed by atoms with Crippen molar-refractivity contribution in [2.45, 2.75) is 56.4 Å². The summed E-state index contributed by atoms with van der Waals surface area (Å²) in [5, 5.41) is 0. The summed E-state index contributed by atoms with van der Waals surface area (Å²) in [6.07, 6.45) is 12.9. The Morgan fingerprint density at radius 1 is 0.944 bits per heavy atom. The third-order valence-electron chi connectivity index (χ3n) is 2.66. The van der Waals surface area contributed by atoms with Crippen molar-refractivity contribution in [2.24, 2.45) is 0 Å². The van der Waals surface area contributed by atoms with Crippen LogP contribution in [0.2, 0.25) is 4.55 Å². The molecule has 0 saturated carbocycles. The predicted octanol–water partition coefficient (Wildman–Crippen LogP) is 4.56. The lowest BCUT2D eigenvalue weighted by molar-refractivity contribution is -0.0531. The van der Waals surface area contributed by atoms with Crippen LogP contribution >= 0.6 is 9.07 Å². The Morgan fingerprint density at radius 3 is 2.44 bits per heavy atom. The molecule has 0 aliphatic heterocycles. The zero-order valence-corrected chi connectivity index (χ0v) is 14.0. The summed E-state index contributed by atoms with van der Waals surface area (Å²) in [4.78, 5) is 0. The number of halogens is 1. The Balaban J connectivity index is 2.96. The summed E-state index contributed by atoms with van der Waals surface area (Å²) >= 11 is -0.278.